The van der Waals surface area contributed by atoms with E-state index in [-0.39, 0.29) is 16.6 Å². The number of aromatic nitrogens is 2. The van der Waals surface area contributed by atoms with Crippen molar-refractivity contribution in [2.75, 3.05) is 7.11 Å². The fraction of sp³-hybridized carbons (Fsp3) is 0.200. The standard InChI is InChI=1S/C10H8F2N2O2/c1-14-7-4-5(11)3-6(12)8(7)9(13-14)10(15)16-2/h3-4H,1-2H3. The Bertz CT molecular complexity index is 578. The summed E-state index contributed by atoms with van der Waals surface area (Å²) >= 11 is 0. The van der Waals surface area contributed by atoms with Gasteiger partial charge in [-0.1, -0.05) is 0 Å². The molecule has 16 heavy (non-hydrogen) atoms. The molecule has 0 radical (unpaired) electrons. The molecule has 2 aromatic rings. The lowest BCUT2D eigenvalue weighted by Gasteiger charge is -1.97. The SMILES string of the molecule is COC(=O)c1nn(C)c2cc(F)cc(F)c12. The first kappa shape index (κ1) is 10.5. The zero-order valence-corrected chi connectivity index (χ0v) is 8.62. The van der Waals surface area contributed by atoms with Crippen molar-refractivity contribution in [1.82, 2.24) is 9.78 Å². The Balaban J connectivity index is 2.83. The summed E-state index contributed by atoms with van der Waals surface area (Å²) in [6.07, 6.45) is 0. The van der Waals surface area contributed by atoms with Crippen molar-refractivity contribution in [3.63, 3.8) is 0 Å². The molecule has 0 spiro atoms. The highest BCUT2D eigenvalue weighted by atomic mass is 19.1. The van der Waals surface area contributed by atoms with E-state index in [2.05, 4.69) is 9.84 Å². The molecule has 0 unspecified atom stereocenters. The molecule has 6 heteroatoms. The lowest BCUT2D eigenvalue weighted by atomic mass is 10.2. The predicted octanol–water partition coefficient (Wildman–Crippen LogP) is 1.64. The number of benzene rings is 1. The summed E-state index contributed by atoms with van der Waals surface area (Å²) in [6, 6.07) is 1.81. The van der Waals surface area contributed by atoms with E-state index in [9.17, 15) is 13.6 Å². The monoisotopic (exact) mass is 226 g/mol. The Morgan fingerprint density at radius 2 is 2.12 bits per heavy atom. The molecular weight excluding hydrogens is 218 g/mol. The molecule has 1 aromatic heterocycles. The smallest absolute Gasteiger partial charge is 0.359 e. The summed E-state index contributed by atoms with van der Waals surface area (Å²) in [5, 5.41) is 3.77. The van der Waals surface area contributed by atoms with Crippen LogP contribution >= 0.6 is 0 Å². The third-order valence-corrected chi connectivity index (χ3v) is 2.25. The summed E-state index contributed by atoms with van der Waals surface area (Å²) in [4.78, 5) is 11.3. The molecule has 0 aliphatic carbocycles. The topological polar surface area (TPSA) is 44.1 Å². The van der Waals surface area contributed by atoms with E-state index in [4.69, 9.17) is 0 Å². The Kier molecular flexibility index (Phi) is 2.34. The maximum atomic E-state index is 13.5. The maximum Gasteiger partial charge on any atom is 0.359 e. The number of carbonyl (C=O) groups excluding carboxylic acids is 1. The largest absolute Gasteiger partial charge is 0.464 e. The van der Waals surface area contributed by atoms with Gasteiger partial charge < -0.3 is 4.74 Å². The highest BCUT2D eigenvalue weighted by Crippen LogP contribution is 2.23. The molecular formula is C10H8F2N2O2. The van der Waals surface area contributed by atoms with Crippen LogP contribution in [0.1, 0.15) is 10.5 Å². The highest BCUT2D eigenvalue weighted by Gasteiger charge is 2.20. The van der Waals surface area contributed by atoms with E-state index in [1.807, 2.05) is 0 Å². The number of rotatable bonds is 1. The number of hydrogen-bond acceptors (Lipinski definition) is 3. The van der Waals surface area contributed by atoms with E-state index in [1.54, 1.807) is 0 Å². The van der Waals surface area contributed by atoms with Gasteiger partial charge in [-0.15, -0.1) is 0 Å². The van der Waals surface area contributed by atoms with Gasteiger partial charge in [0.25, 0.3) is 0 Å². The molecule has 4 nitrogen and oxygen atoms in total. The Morgan fingerprint density at radius 3 is 2.75 bits per heavy atom. The van der Waals surface area contributed by atoms with Gasteiger partial charge in [0.15, 0.2) is 5.69 Å². The number of esters is 1. The summed E-state index contributed by atoms with van der Waals surface area (Å²) in [5.74, 6) is -2.30. The summed E-state index contributed by atoms with van der Waals surface area (Å²) in [6.45, 7) is 0. The predicted molar refractivity (Wildman–Crippen MR) is 52.0 cm³/mol. The minimum Gasteiger partial charge on any atom is -0.464 e. The molecule has 0 fully saturated rings. The zero-order chi connectivity index (χ0) is 11.9. The molecule has 0 amide bonds. The number of aryl methyl sites for hydroxylation is 1. The van der Waals surface area contributed by atoms with E-state index >= 15 is 0 Å². The maximum absolute atomic E-state index is 13.5. The van der Waals surface area contributed by atoms with Crippen LogP contribution < -0.4 is 0 Å². The highest BCUT2D eigenvalue weighted by molar-refractivity contribution is 6.02. The zero-order valence-electron chi connectivity index (χ0n) is 8.62. The Labute approximate surface area is 89.4 Å². The van der Waals surface area contributed by atoms with Gasteiger partial charge in [-0.25, -0.2) is 13.6 Å². The van der Waals surface area contributed by atoms with Gasteiger partial charge in [-0.3, -0.25) is 4.68 Å². The van der Waals surface area contributed by atoms with Crippen LogP contribution in [0.25, 0.3) is 10.9 Å². The van der Waals surface area contributed by atoms with Gasteiger partial charge >= 0.3 is 5.97 Å². The minimum atomic E-state index is -0.830. The third-order valence-electron chi connectivity index (χ3n) is 2.25. The average Bonchev–Trinajstić information content (AvgIpc) is 2.55. The Hall–Kier alpha value is -1.98. The number of halogens is 2. The second-order valence-corrected chi connectivity index (χ2v) is 3.25. The Morgan fingerprint density at radius 1 is 1.44 bits per heavy atom. The molecule has 0 aliphatic rings. The van der Waals surface area contributed by atoms with E-state index in [1.165, 1.54) is 18.8 Å². The summed E-state index contributed by atoms with van der Waals surface area (Å²) < 4.78 is 32.2. The molecule has 0 N–H and O–H groups in total. The van der Waals surface area contributed by atoms with Gasteiger partial charge in [0.2, 0.25) is 0 Å². The number of ether oxygens (including phenoxy) is 1. The van der Waals surface area contributed by atoms with Crippen molar-refractivity contribution in [3.05, 3.63) is 29.5 Å². The third kappa shape index (κ3) is 1.42. The van der Waals surface area contributed by atoms with Gasteiger partial charge in [0.1, 0.15) is 11.6 Å². The first-order valence-corrected chi connectivity index (χ1v) is 4.44. The molecule has 0 aliphatic heterocycles. The van der Waals surface area contributed by atoms with E-state index < -0.39 is 17.6 Å². The summed E-state index contributed by atoms with van der Waals surface area (Å²) in [7, 11) is 2.66. The molecule has 84 valence electrons. The number of methoxy groups -OCH3 is 1. The fourth-order valence-electron chi connectivity index (χ4n) is 1.54. The van der Waals surface area contributed by atoms with Crippen molar-refractivity contribution in [1.29, 1.82) is 0 Å². The quantitative estimate of drug-likeness (QED) is 0.694. The molecule has 2 rings (SSSR count). The molecule has 0 saturated heterocycles. The van der Waals surface area contributed by atoms with Crippen molar-refractivity contribution < 1.29 is 18.3 Å². The van der Waals surface area contributed by atoms with Crippen LogP contribution in [0.4, 0.5) is 8.78 Å². The lowest BCUT2D eigenvalue weighted by Crippen LogP contribution is -2.03. The second kappa shape index (κ2) is 3.55. The molecule has 0 bridgehead atoms. The van der Waals surface area contributed by atoms with Gasteiger partial charge in [0.05, 0.1) is 18.0 Å². The van der Waals surface area contributed by atoms with Crippen LogP contribution in [-0.4, -0.2) is 22.9 Å². The van der Waals surface area contributed by atoms with Crippen molar-refractivity contribution in [2.45, 2.75) is 0 Å². The first-order chi connectivity index (χ1) is 7.54. The average molecular weight is 226 g/mol. The van der Waals surface area contributed by atoms with Gasteiger partial charge in [0, 0.05) is 13.1 Å². The number of carbonyl (C=O) groups is 1. The molecule has 1 heterocycles. The molecule has 0 saturated carbocycles. The van der Waals surface area contributed by atoms with Crippen molar-refractivity contribution in [2.24, 2.45) is 7.05 Å². The fourth-order valence-corrected chi connectivity index (χ4v) is 1.54. The van der Waals surface area contributed by atoms with E-state index in [0.29, 0.717) is 6.07 Å². The van der Waals surface area contributed by atoms with Crippen LogP contribution in [0, 0.1) is 11.6 Å². The molecule has 1 aromatic carbocycles. The van der Waals surface area contributed by atoms with Crippen molar-refractivity contribution >= 4 is 16.9 Å². The summed E-state index contributed by atoms with van der Waals surface area (Å²) in [5.41, 5.74) is 0.0513. The second-order valence-electron chi connectivity index (χ2n) is 3.25. The van der Waals surface area contributed by atoms with Crippen molar-refractivity contribution in [3.8, 4) is 0 Å². The number of hydrogen-bond donors (Lipinski definition) is 0. The van der Waals surface area contributed by atoms with Gasteiger partial charge in [-0.05, 0) is 6.07 Å². The molecule has 0 atom stereocenters. The number of fused-ring (bicyclic) bond motifs is 1. The minimum absolute atomic E-state index is 0.0317. The number of nitrogens with zero attached hydrogens (tertiary/aromatic N) is 2. The van der Waals surface area contributed by atoms with Crippen LogP contribution in [0.5, 0.6) is 0 Å². The van der Waals surface area contributed by atoms with Crippen LogP contribution in [0.15, 0.2) is 12.1 Å². The van der Waals surface area contributed by atoms with E-state index in [0.717, 1.165) is 6.07 Å². The first-order valence-electron chi connectivity index (χ1n) is 4.44. The normalized spacial score (nSPS) is 10.8. The van der Waals surface area contributed by atoms with Crippen LogP contribution in [-0.2, 0) is 11.8 Å². The van der Waals surface area contributed by atoms with Crippen LogP contribution in [0.2, 0.25) is 0 Å². The lowest BCUT2D eigenvalue weighted by molar-refractivity contribution is 0.0595. The van der Waals surface area contributed by atoms with Crippen LogP contribution in [0.3, 0.4) is 0 Å². The van der Waals surface area contributed by atoms with Gasteiger partial charge in [-0.2, -0.15) is 5.10 Å².